The van der Waals surface area contributed by atoms with Crippen molar-refractivity contribution >= 4 is 47.2 Å². The summed E-state index contributed by atoms with van der Waals surface area (Å²) in [7, 11) is 0. The number of nitrogens with one attached hydrogen (secondary N) is 1. The van der Waals surface area contributed by atoms with Gasteiger partial charge in [-0.2, -0.15) is 0 Å². The van der Waals surface area contributed by atoms with Gasteiger partial charge in [0.2, 0.25) is 11.8 Å². The molecule has 0 aromatic heterocycles. The second-order valence-electron chi connectivity index (χ2n) is 7.65. The molecule has 4 rings (SSSR count). The molecule has 2 aromatic carbocycles. The van der Waals surface area contributed by atoms with Crippen molar-refractivity contribution in [3.8, 4) is 0 Å². The van der Waals surface area contributed by atoms with Crippen LogP contribution in [0.3, 0.4) is 0 Å². The number of nitrogens with two attached hydrogens (primary N) is 1. The highest BCUT2D eigenvalue weighted by Crippen LogP contribution is 2.33. The van der Waals surface area contributed by atoms with Gasteiger partial charge in [-0.3, -0.25) is 9.59 Å². The molecule has 3 N–H and O–H groups in total. The van der Waals surface area contributed by atoms with E-state index in [1.807, 2.05) is 42.5 Å². The molecular formula is C22H25Cl2N3O2. The van der Waals surface area contributed by atoms with Crippen LogP contribution in [-0.4, -0.2) is 18.4 Å². The fourth-order valence-corrected chi connectivity index (χ4v) is 4.45. The van der Waals surface area contributed by atoms with Gasteiger partial charge in [0, 0.05) is 22.3 Å². The molecule has 2 atom stereocenters. The first-order chi connectivity index (χ1) is 13.5. The predicted molar refractivity (Wildman–Crippen MR) is 119 cm³/mol. The van der Waals surface area contributed by atoms with Crippen molar-refractivity contribution in [2.75, 3.05) is 16.8 Å². The molecule has 2 aliphatic rings. The number of carbonyl (C=O) groups excluding carboxylic acids is 2. The third-order valence-corrected chi connectivity index (χ3v) is 6.08. The van der Waals surface area contributed by atoms with E-state index in [9.17, 15) is 9.59 Å². The van der Waals surface area contributed by atoms with Gasteiger partial charge in [-0.05, 0) is 60.7 Å². The summed E-state index contributed by atoms with van der Waals surface area (Å²) in [5.74, 6) is 0.420. The Morgan fingerprint density at radius 3 is 2.66 bits per heavy atom. The summed E-state index contributed by atoms with van der Waals surface area (Å²) in [6, 6.07) is 13.2. The number of benzene rings is 2. The molecule has 1 aliphatic heterocycles. The van der Waals surface area contributed by atoms with Crippen LogP contribution in [0, 0.1) is 11.8 Å². The van der Waals surface area contributed by atoms with E-state index in [0.717, 1.165) is 41.8 Å². The lowest BCUT2D eigenvalue weighted by Gasteiger charge is -2.19. The molecule has 5 nitrogen and oxygen atoms in total. The Morgan fingerprint density at radius 1 is 1.17 bits per heavy atom. The molecule has 1 saturated carbocycles. The first-order valence-corrected chi connectivity index (χ1v) is 10.1. The molecule has 154 valence electrons. The fourth-order valence-electron chi connectivity index (χ4n) is 4.28. The number of carbonyl (C=O) groups is 2. The van der Waals surface area contributed by atoms with Crippen LogP contribution in [0.5, 0.6) is 0 Å². The van der Waals surface area contributed by atoms with Crippen LogP contribution >= 0.6 is 24.0 Å². The van der Waals surface area contributed by atoms with Gasteiger partial charge in [0.15, 0.2) is 0 Å². The summed E-state index contributed by atoms with van der Waals surface area (Å²) in [4.78, 5) is 26.7. The average Bonchev–Trinajstić information content (AvgIpc) is 3.28. The minimum absolute atomic E-state index is 0. The monoisotopic (exact) mass is 433 g/mol. The Balaban J connectivity index is 0.00000240. The van der Waals surface area contributed by atoms with Gasteiger partial charge in [-0.1, -0.05) is 36.2 Å². The number of hydrogen-bond acceptors (Lipinski definition) is 3. The van der Waals surface area contributed by atoms with Crippen molar-refractivity contribution < 1.29 is 9.59 Å². The number of rotatable bonds is 5. The van der Waals surface area contributed by atoms with E-state index in [0.29, 0.717) is 24.5 Å². The molecule has 0 unspecified atom stereocenters. The molecule has 1 heterocycles. The van der Waals surface area contributed by atoms with E-state index >= 15 is 0 Å². The Bertz CT molecular complexity index is 901. The van der Waals surface area contributed by atoms with Crippen LogP contribution < -0.4 is 16.0 Å². The quantitative estimate of drug-likeness (QED) is 0.742. The summed E-state index contributed by atoms with van der Waals surface area (Å²) in [5.41, 5.74) is 9.44. The maximum absolute atomic E-state index is 12.5. The highest BCUT2D eigenvalue weighted by molar-refractivity contribution is 6.31. The Kier molecular flexibility index (Phi) is 6.83. The Labute approximate surface area is 182 Å². The van der Waals surface area contributed by atoms with Crippen LogP contribution in [0.2, 0.25) is 5.02 Å². The summed E-state index contributed by atoms with van der Waals surface area (Å²) >= 11 is 6.10. The Morgan fingerprint density at radius 2 is 1.93 bits per heavy atom. The zero-order chi connectivity index (χ0) is 19.7. The first-order valence-electron chi connectivity index (χ1n) is 9.74. The number of hydrogen-bond donors (Lipinski definition) is 2. The Hall–Kier alpha value is -2.08. The summed E-state index contributed by atoms with van der Waals surface area (Å²) in [6.45, 7) is 1.05. The predicted octanol–water partition coefficient (Wildman–Crippen LogP) is 4.16. The zero-order valence-electron chi connectivity index (χ0n) is 16.1. The van der Waals surface area contributed by atoms with E-state index in [4.69, 9.17) is 17.3 Å². The van der Waals surface area contributed by atoms with E-state index in [1.165, 1.54) is 0 Å². The summed E-state index contributed by atoms with van der Waals surface area (Å²) in [6.07, 6.45) is 3.41. The van der Waals surface area contributed by atoms with Crippen LogP contribution in [0.1, 0.15) is 30.4 Å². The second kappa shape index (κ2) is 9.16. The number of halogens is 2. The normalized spacial score (nSPS) is 20.3. The van der Waals surface area contributed by atoms with Gasteiger partial charge in [0.05, 0.1) is 13.0 Å². The second-order valence-corrected chi connectivity index (χ2v) is 8.09. The van der Waals surface area contributed by atoms with Crippen LogP contribution in [-0.2, 0) is 22.6 Å². The van der Waals surface area contributed by atoms with Crippen molar-refractivity contribution in [2.24, 2.45) is 17.6 Å². The lowest BCUT2D eigenvalue weighted by molar-refractivity contribution is -0.120. The van der Waals surface area contributed by atoms with Crippen molar-refractivity contribution in [1.82, 2.24) is 0 Å². The van der Waals surface area contributed by atoms with Gasteiger partial charge < -0.3 is 16.0 Å². The largest absolute Gasteiger partial charge is 0.330 e. The molecule has 7 heteroatoms. The van der Waals surface area contributed by atoms with E-state index < -0.39 is 0 Å². The van der Waals surface area contributed by atoms with Crippen LogP contribution in [0.4, 0.5) is 11.4 Å². The number of fused-ring (bicyclic) bond motifs is 1. The highest BCUT2D eigenvalue weighted by Gasteiger charge is 2.32. The molecule has 1 fully saturated rings. The zero-order valence-corrected chi connectivity index (χ0v) is 17.6. The molecule has 2 aromatic rings. The van der Waals surface area contributed by atoms with Crippen molar-refractivity contribution in [3.05, 3.63) is 58.6 Å². The van der Waals surface area contributed by atoms with Gasteiger partial charge >= 0.3 is 0 Å². The van der Waals surface area contributed by atoms with Gasteiger partial charge in [0.25, 0.3) is 0 Å². The third-order valence-electron chi connectivity index (χ3n) is 5.84. The molecule has 0 spiro atoms. The molecule has 0 saturated heterocycles. The SMILES string of the molecule is Cl.NC[C@H]1CCC[C@H]1C(=O)Nc1ccc(CN2C(=O)Cc3ccc(Cl)cc32)cc1. The van der Waals surface area contributed by atoms with Crippen LogP contribution in [0.15, 0.2) is 42.5 Å². The standard InChI is InChI=1S/C22H24ClN3O2.ClH/c23-17-7-6-15-10-21(27)26(20(15)11-17)13-14-4-8-18(9-5-14)25-22(28)19-3-1-2-16(19)12-24;/h4-9,11,16,19H,1-3,10,12-13,24H2,(H,25,28);1H/t16-,19-;/m1./s1. The lowest BCUT2D eigenvalue weighted by atomic mass is 9.95. The maximum Gasteiger partial charge on any atom is 0.231 e. The first kappa shape index (κ1) is 21.6. The number of nitrogens with zero attached hydrogens (tertiary/aromatic N) is 1. The molecule has 29 heavy (non-hydrogen) atoms. The van der Waals surface area contributed by atoms with Crippen LogP contribution in [0.25, 0.3) is 0 Å². The topological polar surface area (TPSA) is 75.4 Å². The molecule has 2 amide bonds. The van der Waals surface area contributed by atoms with Gasteiger partial charge in [-0.15, -0.1) is 12.4 Å². The number of anilines is 2. The molecular weight excluding hydrogens is 409 g/mol. The minimum atomic E-state index is 0. The van der Waals surface area contributed by atoms with Gasteiger partial charge in [0.1, 0.15) is 0 Å². The third kappa shape index (κ3) is 4.58. The van der Waals surface area contributed by atoms with E-state index in [2.05, 4.69) is 5.32 Å². The number of amides is 2. The summed E-state index contributed by atoms with van der Waals surface area (Å²) in [5, 5.41) is 3.63. The molecule has 0 radical (unpaired) electrons. The average molecular weight is 434 g/mol. The van der Waals surface area contributed by atoms with Crippen molar-refractivity contribution in [2.45, 2.75) is 32.2 Å². The highest BCUT2D eigenvalue weighted by atomic mass is 35.5. The fraction of sp³-hybridized carbons (Fsp3) is 0.364. The van der Waals surface area contributed by atoms with Gasteiger partial charge in [-0.25, -0.2) is 0 Å². The van der Waals surface area contributed by atoms with E-state index in [1.54, 1.807) is 4.90 Å². The molecule has 1 aliphatic carbocycles. The van der Waals surface area contributed by atoms with Crippen molar-refractivity contribution in [1.29, 1.82) is 0 Å². The maximum atomic E-state index is 12.5. The van der Waals surface area contributed by atoms with E-state index in [-0.39, 0.29) is 36.1 Å². The smallest absolute Gasteiger partial charge is 0.231 e. The lowest BCUT2D eigenvalue weighted by Crippen LogP contribution is -2.29. The summed E-state index contributed by atoms with van der Waals surface area (Å²) < 4.78 is 0. The minimum Gasteiger partial charge on any atom is -0.330 e. The molecule has 0 bridgehead atoms. The van der Waals surface area contributed by atoms with Crippen molar-refractivity contribution in [3.63, 3.8) is 0 Å².